The van der Waals surface area contributed by atoms with Crippen molar-refractivity contribution in [3.05, 3.63) is 0 Å². The van der Waals surface area contributed by atoms with Crippen LogP contribution in [0, 0.1) is 5.92 Å². The smallest absolute Gasteiger partial charge is 0.308 e. The molecule has 192 valence electrons. The fraction of sp³-hybridized carbons (Fsp3) is 0.875. The molecule has 0 aromatic rings. The van der Waals surface area contributed by atoms with E-state index in [0.717, 1.165) is 19.4 Å². The van der Waals surface area contributed by atoms with E-state index in [-0.39, 0.29) is 49.3 Å². The van der Waals surface area contributed by atoms with Crippen LogP contribution < -0.4 is 0 Å². The maximum Gasteiger partial charge on any atom is 0.308 e. The largest absolute Gasteiger partial charge is 0.463 e. The molecule has 1 rings (SSSR count). The second-order valence-electron chi connectivity index (χ2n) is 9.08. The lowest BCUT2D eigenvalue weighted by Crippen LogP contribution is -2.38. The van der Waals surface area contributed by atoms with E-state index in [9.17, 15) is 24.6 Å². The van der Waals surface area contributed by atoms with Crippen molar-refractivity contribution in [2.24, 2.45) is 5.92 Å². The summed E-state index contributed by atoms with van der Waals surface area (Å²) >= 11 is 0. The quantitative estimate of drug-likeness (QED) is 0.327. The fourth-order valence-electron chi connectivity index (χ4n) is 4.10. The Kier molecular flexibility index (Phi) is 13.5. The molecule has 1 aliphatic rings. The number of carbonyl (C=O) groups is 3. The molecule has 0 radical (unpaired) electrons. The summed E-state index contributed by atoms with van der Waals surface area (Å²) in [6, 6.07) is 0.0243. The number of carbonyl (C=O) groups excluding carboxylic acids is 3. The third-order valence-corrected chi connectivity index (χ3v) is 5.97. The molecule has 6 atom stereocenters. The van der Waals surface area contributed by atoms with Crippen molar-refractivity contribution in [2.75, 3.05) is 19.8 Å². The monoisotopic (exact) mass is 473 g/mol. The third kappa shape index (κ3) is 11.3. The van der Waals surface area contributed by atoms with Crippen molar-refractivity contribution in [3.63, 3.8) is 0 Å². The molecule has 1 heterocycles. The molecule has 9 heteroatoms. The van der Waals surface area contributed by atoms with Crippen LogP contribution >= 0.6 is 0 Å². The number of hydrogen-bond acceptors (Lipinski definition) is 8. The van der Waals surface area contributed by atoms with Gasteiger partial charge in [-0.2, -0.15) is 0 Å². The Morgan fingerprint density at radius 2 is 1.73 bits per heavy atom. The summed E-state index contributed by atoms with van der Waals surface area (Å²) in [5.74, 6) is -1.01. The molecule has 9 nitrogen and oxygen atoms in total. The van der Waals surface area contributed by atoms with Gasteiger partial charge >= 0.3 is 11.9 Å². The van der Waals surface area contributed by atoms with Crippen LogP contribution in [0.5, 0.6) is 0 Å². The summed E-state index contributed by atoms with van der Waals surface area (Å²) in [4.78, 5) is 37.2. The molecule has 1 saturated heterocycles. The van der Waals surface area contributed by atoms with Crippen LogP contribution in [0.3, 0.4) is 0 Å². The average molecular weight is 474 g/mol. The molecule has 0 bridgehead atoms. The lowest BCUT2D eigenvalue weighted by molar-refractivity contribution is -0.153. The van der Waals surface area contributed by atoms with Crippen LogP contribution in [0.2, 0.25) is 0 Å². The highest BCUT2D eigenvalue weighted by Gasteiger charge is 2.30. The van der Waals surface area contributed by atoms with E-state index in [4.69, 9.17) is 14.2 Å². The Bertz CT molecular complexity index is 613. The zero-order valence-corrected chi connectivity index (χ0v) is 20.8. The predicted molar refractivity (Wildman–Crippen MR) is 122 cm³/mol. The third-order valence-electron chi connectivity index (χ3n) is 5.97. The van der Waals surface area contributed by atoms with Gasteiger partial charge in [-0.15, -0.1) is 0 Å². The van der Waals surface area contributed by atoms with Gasteiger partial charge in [0.25, 0.3) is 0 Å². The van der Waals surface area contributed by atoms with Gasteiger partial charge in [0.05, 0.1) is 24.7 Å². The van der Waals surface area contributed by atoms with E-state index in [0.29, 0.717) is 32.1 Å². The van der Waals surface area contributed by atoms with Crippen LogP contribution in [0.15, 0.2) is 0 Å². The van der Waals surface area contributed by atoms with Gasteiger partial charge in [-0.05, 0) is 39.0 Å². The standard InChI is InChI=1S/C24H43NO8/c1-6-19(25-10-8-9-23(25)29)11-16(3)24(30)32-15-21(28)14-31-17(4)12-20(27)13-22(7-2)33-18(5)26/h16-17,19-22,27-28H,6-15H2,1-5H3. The number of esters is 2. The number of rotatable bonds is 16. The normalized spacial score (nSPS) is 19.5. The molecule has 0 aromatic heterocycles. The number of nitrogens with zero attached hydrogens (tertiary/aromatic N) is 1. The fourth-order valence-corrected chi connectivity index (χ4v) is 4.10. The SMILES string of the molecule is CCC(CC(O)CC(C)OCC(O)COC(=O)C(C)CC(CC)N1CCCC1=O)OC(C)=O. The second-order valence-corrected chi connectivity index (χ2v) is 9.08. The molecule has 0 spiro atoms. The van der Waals surface area contributed by atoms with Crippen LogP contribution in [0.1, 0.15) is 79.6 Å². The summed E-state index contributed by atoms with van der Waals surface area (Å²) < 4.78 is 16.0. The summed E-state index contributed by atoms with van der Waals surface area (Å²) in [6.07, 6.45) is 1.67. The molecule has 1 aliphatic heterocycles. The average Bonchev–Trinajstić information content (AvgIpc) is 3.18. The molecule has 1 fully saturated rings. The number of ether oxygens (including phenoxy) is 3. The van der Waals surface area contributed by atoms with E-state index >= 15 is 0 Å². The molecular weight excluding hydrogens is 430 g/mol. The van der Waals surface area contributed by atoms with E-state index in [2.05, 4.69) is 0 Å². The van der Waals surface area contributed by atoms with Gasteiger partial charge in [0.2, 0.25) is 5.91 Å². The Morgan fingerprint density at radius 3 is 2.27 bits per heavy atom. The second kappa shape index (κ2) is 15.2. The maximum atomic E-state index is 12.3. The highest BCUT2D eigenvalue weighted by atomic mass is 16.6. The minimum absolute atomic E-state index is 0.0243. The number of amides is 1. The van der Waals surface area contributed by atoms with Crippen molar-refractivity contribution in [2.45, 2.75) is 110 Å². The molecular formula is C24H43NO8. The Morgan fingerprint density at radius 1 is 1.03 bits per heavy atom. The Labute approximate surface area is 197 Å². The van der Waals surface area contributed by atoms with Crippen LogP contribution in [0.25, 0.3) is 0 Å². The van der Waals surface area contributed by atoms with Gasteiger partial charge in [-0.1, -0.05) is 20.8 Å². The Hall–Kier alpha value is -1.71. The number of hydrogen-bond donors (Lipinski definition) is 2. The van der Waals surface area contributed by atoms with Crippen molar-refractivity contribution in [3.8, 4) is 0 Å². The van der Waals surface area contributed by atoms with Crippen molar-refractivity contribution >= 4 is 17.8 Å². The van der Waals surface area contributed by atoms with Gasteiger partial charge < -0.3 is 29.3 Å². The highest BCUT2D eigenvalue weighted by Crippen LogP contribution is 2.22. The molecule has 0 saturated carbocycles. The highest BCUT2D eigenvalue weighted by molar-refractivity contribution is 5.78. The molecule has 0 aromatic carbocycles. The van der Waals surface area contributed by atoms with Crippen LogP contribution in [0.4, 0.5) is 0 Å². The van der Waals surface area contributed by atoms with E-state index in [1.54, 1.807) is 13.8 Å². The zero-order chi connectivity index (χ0) is 25.0. The first-order valence-corrected chi connectivity index (χ1v) is 12.2. The lowest BCUT2D eigenvalue weighted by atomic mass is 9.99. The molecule has 1 amide bonds. The van der Waals surface area contributed by atoms with E-state index in [1.165, 1.54) is 6.92 Å². The molecule has 2 N–H and O–H groups in total. The lowest BCUT2D eigenvalue weighted by Gasteiger charge is -2.28. The number of aliphatic hydroxyl groups excluding tert-OH is 2. The van der Waals surface area contributed by atoms with Gasteiger partial charge in [-0.25, -0.2) is 0 Å². The summed E-state index contributed by atoms with van der Waals surface area (Å²) in [5, 5.41) is 20.3. The number of aliphatic hydroxyl groups is 2. The van der Waals surface area contributed by atoms with E-state index in [1.807, 2.05) is 18.7 Å². The van der Waals surface area contributed by atoms with Crippen molar-refractivity contribution in [1.29, 1.82) is 0 Å². The summed E-state index contributed by atoms with van der Waals surface area (Å²) in [7, 11) is 0. The van der Waals surface area contributed by atoms with Gasteiger partial charge in [0, 0.05) is 32.4 Å². The zero-order valence-electron chi connectivity index (χ0n) is 20.8. The first-order chi connectivity index (χ1) is 15.6. The van der Waals surface area contributed by atoms with Crippen LogP contribution in [-0.4, -0.2) is 83.2 Å². The summed E-state index contributed by atoms with van der Waals surface area (Å²) in [6.45, 7) is 9.31. The van der Waals surface area contributed by atoms with Crippen molar-refractivity contribution < 1.29 is 38.8 Å². The molecule has 33 heavy (non-hydrogen) atoms. The Balaban J connectivity index is 2.30. The van der Waals surface area contributed by atoms with Crippen molar-refractivity contribution in [1.82, 2.24) is 4.90 Å². The number of likely N-dealkylation sites (tertiary alicyclic amines) is 1. The maximum absolute atomic E-state index is 12.3. The molecule has 6 unspecified atom stereocenters. The predicted octanol–water partition coefficient (Wildman–Crippen LogP) is 2.21. The summed E-state index contributed by atoms with van der Waals surface area (Å²) in [5.41, 5.74) is 0. The van der Waals surface area contributed by atoms with Crippen LogP contribution in [-0.2, 0) is 28.6 Å². The van der Waals surface area contributed by atoms with Gasteiger partial charge in [0.1, 0.15) is 18.8 Å². The van der Waals surface area contributed by atoms with E-state index < -0.39 is 18.2 Å². The minimum Gasteiger partial charge on any atom is -0.463 e. The molecule has 0 aliphatic carbocycles. The topological polar surface area (TPSA) is 123 Å². The van der Waals surface area contributed by atoms with Gasteiger partial charge in [-0.3, -0.25) is 14.4 Å². The first kappa shape index (κ1) is 29.3. The first-order valence-electron chi connectivity index (χ1n) is 12.2. The minimum atomic E-state index is -0.979. The van der Waals surface area contributed by atoms with Gasteiger partial charge in [0.15, 0.2) is 0 Å².